The molecule has 0 radical (unpaired) electrons. The lowest BCUT2D eigenvalue weighted by atomic mass is 9.86. The maximum absolute atomic E-state index is 14.5. The number of nitrogens with zero attached hydrogens (tertiary/aromatic N) is 5. The Labute approximate surface area is 247 Å². The van der Waals surface area contributed by atoms with Gasteiger partial charge in [0.1, 0.15) is 22.8 Å². The number of imidazole rings is 1. The van der Waals surface area contributed by atoms with E-state index in [1.807, 2.05) is 4.57 Å². The number of aliphatic hydroxyl groups is 1. The van der Waals surface area contributed by atoms with E-state index in [2.05, 4.69) is 39.3 Å². The number of nitrogens with one attached hydrogen (secondary N) is 2. The smallest absolute Gasteiger partial charge is 0.224 e. The zero-order valence-corrected chi connectivity index (χ0v) is 24.9. The summed E-state index contributed by atoms with van der Waals surface area (Å²) in [6.07, 6.45) is 10.4. The number of para-hydroxylation sites is 1. The van der Waals surface area contributed by atoms with Crippen molar-refractivity contribution in [3.63, 3.8) is 0 Å². The van der Waals surface area contributed by atoms with E-state index in [1.54, 1.807) is 6.20 Å². The van der Waals surface area contributed by atoms with Gasteiger partial charge in [-0.2, -0.15) is 4.98 Å². The Bertz CT molecular complexity index is 1270. The van der Waals surface area contributed by atoms with Crippen molar-refractivity contribution in [2.75, 3.05) is 43.5 Å². The van der Waals surface area contributed by atoms with Gasteiger partial charge in [-0.25, -0.2) is 18.7 Å². The Hall–Kier alpha value is -2.89. The number of halogens is 2. The van der Waals surface area contributed by atoms with E-state index in [1.165, 1.54) is 18.2 Å². The fourth-order valence-electron chi connectivity index (χ4n) is 6.36. The van der Waals surface area contributed by atoms with Crippen LogP contribution in [-0.4, -0.2) is 74.5 Å². The van der Waals surface area contributed by atoms with Crippen LogP contribution in [0.5, 0.6) is 0 Å². The van der Waals surface area contributed by atoms with Crippen molar-refractivity contribution >= 4 is 28.7 Å². The summed E-state index contributed by atoms with van der Waals surface area (Å²) in [6.45, 7) is 8.49. The predicted octanol–water partition coefficient (Wildman–Crippen LogP) is 6.04. The molecule has 2 aliphatic carbocycles. The molecule has 0 spiro atoms. The molecule has 2 heterocycles. The standard InChI is InChI=1S/C31H45F2N7O2/c1-3-16-39(4-2)17-18-42-24-14-10-22(11-15-24)35-30-34-19-27-29(38-30)40(23-12-8-21(20-41)9-13-23)31(36-27)37-28-25(32)6-5-7-26(28)33/h5-7,19,21-24,41H,3-4,8-18,20H2,1-2H3,(H,36,37)(H,34,35,38)/t21-,22-,23+,24-. The van der Waals surface area contributed by atoms with Crippen molar-refractivity contribution in [2.45, 2.75) is 89.8 Å². The second kappa shape index (κ2) is 14.5. The van der Waals surface area contributed by atoms with E-state index < -0.39 is 11.6 Å². The van der Waals surface area contributed by atoms with Gasteiger partial charge >= 0.3 is 0 Å². The van der Waals surface area contributed by atoms with Crippen LogP contribution >= 0.6 is 0 Å². The summed E-state index contributed by atoms with van der Waals surface area (Å²) in [7, 11) is 0. The maximum Gasteiger partial charge on any atom is 0.224 e. The first kappa shape index (κ1) is 30.6. The van der Waals surface area contributed by atoms with E-state index in [0.29, 0.717) is 23.1 Å². The lowest BCUT2D eigenvalue weighted by Crippen LogP contribution is -2.33. The number of likely N-dealkylation sites (N-methyl/N-ethyl adjacent to an activating group) is 1. The minimum atomic E-state index is -0.686. The average molecular weight is 586 g/mol. The molecule has 2 fully saturated rings. The zero-order chi connectivity index (χ0) is 29.5. The molecule has 3 aromatic rings. The van der Waals surface area contributed by atoms with Crippen LogP contribution in [0.1, 0.15) is 77.7 Å². The number of hydrogen-bond donors (Lipinski definition) is 3. The molecule has 2 saturated carbocycles. The molecule has 2 aliphatic rings. The lowest BCUT2D eigenvalue weighted by molar-refractivity contribution is 0.0150. The van der Waals surface area contributed by atoms with Gasteiger partial charge in [-0.3, -0.25) is 4.57 Å². The van der Waals surface area contributed by atoms with E-state index in [9.17, 15) is 13.9 Å². The highest BCUT2D eigenvalue weighted by atomic mass is 19.1. The van der Waals surface area contributed by atoms with E-state index in [-0.39, 0.29) is 36.4 Å². The Morgan fingerprint density at radius 2 is 1.74 bits per heavy atom. The van der Waals surface area contributed by atoms with Crippen LogP contribution < -0.4 is 10.6 Å². The summed E-state index contributed by atoms with van der Waals surface area (Å²) in [6, 6.07) is 4.06. The number of anilines is 3. The third kappa shape index (κ3) is 7.36. The Morgan fingerprint density at radius 1 is 1.00 bits per heavy atom. The van der Waals surface area contributed by atoms with Crippen LogP contribution in [0.15, 0.2) is 24.4 Å². The molecule has 3 N–H and O–H groups in total. The first-order valence-corrected chi connectivity index (χ1v) is 15.7. The molecule has 1 aromatic carbocycles. The van der Waals surface area contributed by atoms with E-state index in [4.69, 9.17) is 9.72 Å². The number of ether oxygens (including phenoxy) is 1. The van der Waals surface area contributed by atoms with Gasteiger partial charge in [-0.1, -0.05) is 19.9 Å². The van der Waals surface area contributed by atoms with E-state index in [0.717, 1.165) is 84.0 Å². The summed E-state index contributed by atoms with van der Waals surface area (Å²) in [5.41, 5.74) is 0.949. The fraction of sp³-hybridized carbons (Fsp3) is 0.645. The minimum absolute atomic E-state index is 0.0337. The molecular weight excluding hydrogens is 540 g/mol. The normalized spacial score (nSPS) is 23.0. The van der Waals surface area contributed by atoms with Crippen LogP contribution in [0.25, 0.3) is 11.2 Å². The lowest BCUT2D eigenvalue weighted by Gasteiger charge is -2.30. The van der Waals surface area contributed by atoms with Gasteiger partial charge in [0.2, 0.25) is 11.9 Å². The first-order valence-electron chi connectivity index (χ1n) is 15.7. The monoisotopic (exact) mass is 585 g/mol. The zero-order valence-electron chi connectivity index (χ0n) is 24.9. The fourth-order valence-corrected chi connectivity index (χ4v) is 6.36. The molecule has 0 aliphatic heterocycles. The molecule has 11 heteroatoms. The quantitative estimate of drug-likeness (QED) is 0.223. The summed E-state index contributed by atoms with van der Waals surface area (Å²) < 4.78 is 37.3. The van der Waals surface area contributed by atoms with Crippen molar-refractivity contribution < 1.29 is 18.6 Å². The van der Waals surface area contributed by atoms with Crippen LogP contribution in [0, 0.1) is 17.6 Å². The van der Waals surface area contributed by atoms with Crippen molar-refractivity contribution in [3.8, 4) is 0 Å². The Kier molecular flexibility index (Phi) is 10.6. The van der Waals surface area contributed by atoms with Crippen molar-refractivity contribution in [1.29, 1.82) is 0 Å². The second-order valence-electron chi connectivity index (χ2n) is 11.7. The molecule has 9 nitrogen and oxygen atoms in total. The molecule has 5 rings (SSSR count). The molecule has 2 aromatic heterocycles. The predicted molar refractivity (Wildman–Crippen MR) is 161 cm³/mol. The van der Waals surface area contributed by atoms with Crippen molar-refractivity contribution in [2.24, 2.45) is 5.92 Å². The molecule has 42 heavy (non-hydrogen) atoms. The highest BCUT2D eigenvalue weighted by Gasteiger charge is 2.28. The number of aromatic nitrogens is 4. The van der Waals surface area contributed by atoms with Gasteiger partial charge in [-0.05, 0) is 88.9 Å². The molecule has 0 unspecified atom stereocenters. The van der Waals surface area contributed by atoms with Gasteiger partial charge in [0, 0.05) is 25.2 Å². The molecular formula is C31H45F2N7O2. The van der Waals surface area contributed by atoms with E-state index >= 15 is 0 Å². The van der Waals surface area contributed by atoms with Gasteiger partial charge in [0.05, 0.1) is 18.9 Å². The summed E-state index contributed by atoms with van der Waals surface area (Å²) >= 11 is 0. The number of benzene rings is 1. The molecule has 0 amide bonds. The Morgan fingerprint density at radius 3 is 2.40 bits per heavy atom. The largest absolute Gasteiger partial charge is 0.396 e. The number of aliphatic hydroxyl groups excluding tert-OH is 1. The molecule has 0 atom stereocenters. The third-order valence-electron chi connectivity index (χ3n) is 8.83. The third-order valence-corrected chi connectivity index (χ3v) is 8.83. The second-order valence-corrected chi connectivity index (χ2v) is 11.7. The van der Waals surface area contributed by atoms with Gasteiger partial charge in [0.25, 0.3) is 0 Å². The van der Waals surface area contributed by atoms with Crippen LogP contribution in [-0.2, 0) is 4.74 Å². The maximum atomic E-state index is 14.5. The number of fused-ring (bicyclic) bond motifs is 1. The number of hydrogen-bond acceptors (Lipinski definition) is 8. The molecule has 0 bridgehead atoms. The highest BCUT2D eigenvalue weighted by Crippen LogP contribution is 2.37. The van der Waals surface area contributed by atoms with Crippen LogP contribution in [0.3, 0.4) is 0 Å². The number of rotatable bonds is 13. The summed E-state index contributed by atoms with van der Waals surface area (Å²) in [5.74, 6) is -0.238. The van der Waals surface area contributed by atoms with Crippen LogP contribution in [0.2, 0.25) is 0 Å². The van der Waals surface area contributed by atoms with Crippen LogP contribution in [0.4, 0.5) is 26.4 Å². The topological polar surface area (TPSA) is 100 Å². The van der Waals surface area contributed by atoms with Crippen molar-refractivity contribution in [3.05, 3.63) is 36.0 Å². The highest BCUT2D eigenvalue weighted by molar-refractivity contribution is 5.76. The minimum Gasteiger partial charge on any atom is -0.396 e. The SMILES string of the molecule is CCCN(CC)CCO[C@H]1CC[C@H](Nc2ncc3nc(Nc4c(F)cccc4F)n([C@H]4CC[C@@H](CO)CC4)c3n2)CC1. The molecule has 230 valence electrons. The van der Waals surface area contributed by atoms with Gasteiger partial charge in [-0.15, -0.1) is 0 Å². The summed E-state index contributed by atoms with van der Waals surface area (Å²) in [4.78, 5) is 16.5. The van der Waals surface area contributed by atoms with Gasteiger partial charge in [0.15, 0.2) is 5.65 Å². The summed E-state index contributed by atoms with van der Waals surface area (Å²) in [5, 5.41) is 16.1. The molecule has 0 saturated heterocycles. The van der Waals surface area contributed by atoms with Gasteiger partial charge < -0.3 is 25.4 Å². The first-order chi connectivity index (χ1) is 20.5. The average Bonchev–Trinajstić information content (AvgIpc) is 3.36. The van der Waals surface area contributed by atoms with Crippen molar-refractivity contribution in [1.82, 2.24) is 24.4 Å². The Balaban J connectivity index is 1.28.